The third-order valence-corrected chi connectivity index (χ3v) is 7.11. The summed E-state index contributed by atoms with van der Waals surface area (Å²) in [6, 6.07) is -2.80. The highest BCUT2D eigenvalue weighted by Crippen LogP contribution is 2.26. The van der Waals surface area contributed by atoms with E-state index >= 15 is 0 Å². The first-order valence-corrected chi connectivity index (χ1v) is 12.8. The molecular formula is C24H38N4O5S. The van der Waals surface area contributed by atoms with E-state index in [-0.39, 0.29) is 29.5 Å². The van der Waals surface area contributed by atoms with Gasteiger partial charge < -0.3 is 20.7 Å². The first-order valence-electron chi connectivity index (χ1n) is 11.8. The van der Waals surface area contributed by atoms with Crippen LogP contribution < -0.4 is 16.0 Å². The maximum Gasteiger partial charge on any atom is 0.329 e. The molecule has 3 N–H and O–H groups in total. The van der Waals surface area contributed by atoms with Gasteiger partial charge in [0.25, 0.3) is 0 Å². The number of carbonyl (C=O) groups excluding carboxylic acids is 4. The standard InChI is InChI=1S/C24H38N4O5S/c1-8-9-10-16-11-18(29)25-14(3)21(30)27-17-12-34-15(4)19(26-13(17)2)22(31)28-20(23(32)33-16)24(5,6)7/h9-10,14-17,19-20H,8,11-12H2,1-7H3,(H,25,29)(H,27,30)(H,28,31). The number of ether oxygens (including phenoxy) is 1. The van der Waals surface area contributed by atoms with E-state index in [2.05, 4.69) is 20.9 Å². The number of allylic oxidation sites excluding steroid dienone is 1. The first-order chi connectivity index (χ1) is 15.8. The van der Waals surface area contributed by atoms with Crippen molar-refractivity contribution in [1.29, 1.82) is 0 Å². The number of nitrogens with zero attached hydrogens (tertiary/aromatic N) is 1. The third-order valence-electron chi connectivity index (χ3n) is 5.80. The van der Waals surface area contributed by atoms with Crippen molar-refractivity contribution in [3.63, 3.8) is 0 Å². The van der Waals surface area contributed by atoms with E-state index in [0.29, 0.717) is 17.9 Å². The Labute approximate surface area is 206 Å². The number of thioether (sulfide) groups is 1. The number of amides is 3. The number of esters is 1. The second-order valence-electron chi connectivity index (χ2n) is 9.93. The number of hydrogen-bond acceptors (Lipinski definition) is 7. The van der Waals surface area contributed by atoms with Crippen LogP contribution in [-0.2, 0) is 23.9 Å². The average molecular weight is 495 g/mol. The number of hydrogen-bond donors (Lipinski definition) is 3. The Bertz CT molecular complexity index is 851. The molecule has 0 saturated carbocycles. The summed E-state index contributed by atoms with van der Waals surface area (Å²) in [4.78, 5) is 56.5. The van der Waals surface area contributed by atoms with Gasteiger partial charge >= 0.3 is 5.97 Å². The van der Waals surface area contributed by atoms with Crippen LogP contribution in [0.15, 0.2) is 17.1 Å². The molecule has 0 aromatic carbocycles. The fourth-order valence-electron chi connectivity index (χ4n) is 3.65. The third kappa shape index (κ3) is 7.58. The van der Waals surface area contributed by atoms with E-state index < -0.39 is 41.5 Å². The minimum Gasteiger partial charge on any atom is -0.456 e. The van der Waals surface area contributed by atoms with Crippen molar-refractivity contribution in [1.82, 2.24) is 16.0 Å². The normalized spacial score (nSPS) is 32.4. The monoisotopic (exact) mass is 494 g/mol. The minimum absolute atomic E-state index is 0.135. The van der Waals surface area contributed by atoms with E-state index in [4.69, 9.17) is 4.74 Å². The number of rotatable bonds is 2. The van der Waals surface area contributed by atoms with Gasteiger partial charge in [0.1, 0.15) is 24.2 Å². The van der Waals surface area contributed by atoms with Gasteiger partial charge in [-0.15, -0.1) is 0 Å². The smallest absolute Gasteiger partial charge is 0.329 e. The van der Waals surface area contributed by atoms with Gasteiger partial charge in [-0.25, -0.2) is 4.79 Å². The SMILES string of the molecule is CCC=CC1CC(=O)NC(C)C(=O)NC2CSC(C)C(N=C2C)C(=O)NC(C(C)(C)C)C(=O)O1. The maximum absolute atomic E-state index is 13.3. The van der Waals surface area contributed by atoms with Crippen LogP contribution in [0.2, 0.25) is 0 Å². The molecule has 0 aromatic heterocycles. The molecule has 2 aliphatic rings. The molecule has 6 unspecified atom stereocenters. The molecule has 0 aliphatic carbocycles. The quantitative estimate of drug-likeness (QED) is 0.397. The van der Waals surface area contributed by atoms with Crippen LogP contribution in [0.1, 0.15) is 61.3 Å². The summed E-state index contributed by atoms with van der Waals surface area (Å²) in [7, 11) is 0. The van der Waals surface area contributed by atoms with Crippen LogP contribution in [0.25, 0.3) is 0 Å². The Morgan fingerprint density at radius 1 is 1.09 bits per heavy atom. The van der Waals surface area contributed by atoms with Crippen LogP contribution in [0.3, 0.4) is 0 Å². The predicted molar refractivity (Wildman–Crippen MR) is 134 cm³/mol. The summed E-state index contributed by atoms with van der Waals surface area (Å²) < 4.78 is 5.68. The summed E-state index contributed by atoms with van der Waals surface area (Å²) in [5.74, 6) is -1.21. The fourth-order valence-corrected chi connectivity index (χ4v) is 4.84. The minimum atomic E-state index is -0.932. The number of fused-ring (bicyclic) bond motifs is 2. The molecule has 9 nitrogen and oxygen atoms in total. The molecular weight excluding hydrogens is 456 g/mol. The summed E-state index contributed by atoms with van der Waals surface area (Å²) in [5, 5.41) is 8.30. The molecule has 0 fully saturated rings. The van der Waals surface area contributed by atoms with Crippen LogP contribution in [0, 0.1) is 5.41 Å². The topological polar surface area (TPSA) is 126 Å². The highest BCUT2D eigenvalue weighted by molar-refractivity contribution is 8.00. The number of aliphatic imine (C=N–C) groups is 1. The number of nitrogens with one attached hydrogen (secondary N) is 3. The van der Waals surface area contributed by atoms with Crippen molar-refractivity contribution in [3.05, 3.63) is 12.2 Å². The zero-order valence-corrected chi connectivity index (χ0v) is 22.0. The maximum atomic E-state index is 13.3. The van der Waals surface area contributed by atoms with E-state index in [1.165, 1.54) is 11.8 Å². The molecule has 190 valence electrons. The van der Waals surface area contributed by atoms with Crippen molar-refractivity contribution in [2.24, 2.45) is 10.4 Å². The molecule has 2 rings (SSSR count). The van der Waals surface area contributed by atoms with Gasteiger partial charge in [0.05, 0.1) is 12.5 Å². The molecule has 2 aliphatic heterocycles. The lowest BCUT2D eigenvalue weighted by Gasteiger charge is -2.32. The van der Waals surface area contributed by atoms with E-state index in [1.807, 2.05) is 40.7 Å². The van der Waals surface area contributed by atoms with Gasteiger partial charge in [0, 0.05) is 16.7 Å². The Hall–Kier alpha value is -2.36. The van der Waals surface area contributed by atoms with Gasteiger partial charge in [0.2, 0.25) is 17.7 Å². The molecule has 0 aromatic rings. The van der Waals surface area contributed by atoms with Crippen molar-refractivity contribution in [2.45, 2.75) is 96.8 Å². The van der Waals surface area contributed by atoms with Crippen LogP contribution in [-0.4, -0.2) is 70.7 Å². The van der Waals surface area contributed by atoms with Crippen LogP contribution >= 0.6 is 11.8 Å². The highest BCUT2D eigenvalue weighted by atomic mass is 32.2. The van der Waals surface area contributed by atoms with Gasteiger partial charge in [-0.3, -0.25) is 19.4 Å². The summed E-state index contributed by atoms with van der Waals surface area (Å²) in [5.41, 5.74) is -0.0136. The van der Waals surface area contributed by atoms with Crippen molar-refractivity contribution >= 4 is 41.2 Å². The van der Waals surface area contributed by atoms with Crippen molar-refractivity contribution in [3.8, 4) is 0 Å². The summed E-state index contributed by atoms with van der Waals surface area (Å²) in [6.07, 6.45) is 3.20. The van der Waals surface area contributed by atoms with Crippen LogP contribution in [0.4, 0.5) is 0 Å². The molecule has 0 spiro atoms. The average Bonchev–Trinajstić information content (AvgIpc) is 2.87. The van der Waals surface area contributed by atoms with Crippen LogP contribution in [0.5, 0.6) is 0 Å². The Balaban J connectivity index is 2.47. The molecule has 2 heterocycles. The number of cyclic esters (lactones) is 1. The molecule has 6 atom stereocenters. The Morgan fingerprint density at radius 2 is 1.76 bits per heavy atom. The lowest BCUT2D eigenvalue weighted by Crippen LogP contribution is -2.54. The molecule has 0 saturated heterocycles. The zero-order chi connectivity index (χ0) is 25.6. The second-order valence-corrected chi connectivity index (χ2v) is 11.3. The highest BCUT2D eigenvalue weighted by Gasteiger charge is 2.39. The molecule has 2 bridgehead atoms. The van der Waals surface area contributed by atoms with Crippen molar-refractivity contribution < 1.29 is 23.9 Å². The van der Waals surface area contributed by atoms with E-state index in [1.54, 1.807) is 19.9 Å². The fraction of sp³-hybridized carbons (Fsp3) is 0.708. The molecule has 0 radical (unpaired) electrons. The van der Waals surface area contributed by atoms with Crippen molar-refractivity contribution in [2.75, 3.05) is 5.75 Å². The van der Waals surface area contributed by atoms with Gasteiger partial charge in [-0.1, -0.05) is 40.7 Å². The largest absolute Gasteiger partial charge is 0.456 e. The van der Waals surface area contributed by atoms with E-state index in [9.17, 15) is 19.2 Å². The first kappa shape index (κ1) is 27.9. The van der Waals surface area contributed by atoms with Gasteiger partial charge in [-0.2, -0.15) is 11.8 Å². The van der Waals surface area contributed by atoms with Gasteiger partial charge in [-0.05, 0) is 31.8 Å². The van der Waals surface area contributed by atoms with Gasteiger partial charge in [0.15, 0.2) is 0 Å². The second kappa shape index (κ2) is 11.9. The van der Waals surface area contributed by atoms with E-state index in [0.717, 1.165) is 0 Å². The lowest BCUT2D eigenvalue weighted by atomic mass is 9.86. The summed E-state index contributed by atoms with van der Waals surface area (Å²) in [6.45, 7) is 12.7. The lowest BCUT2D eigenvalue weighted by molar-refractivity contribution is -0.155. The Morgan fingerprint density at radius 3 is 2.38 bits per heavy atom. The number of carbonyl (C=O) groups is 4. The molecule has 3 amide bonds. The predicted octanol–water partition coefficient (Wildman–Crippen LogP) is 1.75. The molecule has 34 heavy (non-hydrogen) atoms. The Kier molecular flexibility index (Phi) is 9.73. The zero-order valence-electron chi connectivity index (χ0n) is 21.1. The summed E-state index contributed by atoms with van der Waals surface area (Å²) >= 11 is 1.52. The molecule has 10 heteroatoms.